The van der Waals surface area contributed by atoms with Crippen molar-refractivity contribution < 1.29 is 27.6 Å². The third kappa shape index (κ3) is 5.34. The quantitative estimate of drug-likeness (QED) is 0.440. The van der Waals surface area contributed by atoms with E-state index in [1.807, 2.05) is 0 Å². The van der Waals surface area contributed by atoms with E-state index in [9.17, 15) is 28.1 Å². The van der Waals surface area contributed by atoms with Gasteiger partial charge < -0.3 is 4.74 Å². The van der Waals surface area contributed by atoms with E-state index in [0.717, 1.165) is 0 Å². The molecular weight excluding hydrogens is 303 g/mol. The Morgan fingerprint density at radius 2 is 1.91 bits per heavy atom. The molecule has 0 fully saturated rings. The highest BCUT2D eigenvalue weighted by Gasteiger charge is 2.51. The molecule has 22 heavy (non-hydrogen) atoms. The lowest BCUT2D eigenvalue weighted by atomic mass is 9.90. The number of nitrogens with zero attached hydrogens (tertiary/aromatic N) is 1. The summed E-state index contributed by atoms with van der Waals surface area (Å²) in [5.41, 5.74) is 0.405. The van der Waals surface area contributed by atoms with Gasteiger partial charge >= 0.3 is 12.1 Å². The number of hydrogen-bond acceptors (Lipinski definition) is 4. The average molecular weight is 319 g/mol. The largest absolute Gasteiger partial charge is 0.466 e. The second kappa shape index (κ2) is 7.77. The SMILES string of the molecule is CCOC(=O)CC(C(Cc1ccccc1)[N+](=O)[O-])C(F)(F)F. The molecule has 122 valence electrons. The number of esters is 1. The van der Waals surface area contributed by atoms with Gasteiger partial charge in [-0.15, -0.1) is 0 Å². The summed E-state index contributed by atoms with van der Waals surface area (Å²) < 4.78 is 43.9. The van der Waals surface area contributed by atoms with E-state index in [-0.39, 0.29) is 6.61 Å². The Morgan fingerprint density at radius 1 is 1.32 bits per heavy atom. The fraction of sp³-hybridized carbons (Fsp3) is 0.500. The number of halogens is 3. The number of benzene rings is 1. The minimum atomic E-state index is -4.86. The summed E-state index contributed by atoms with van der Waals surface area (Å²) in [5, 5.41) is 11.1. The van der Waals surface area contributed by atoms with E-state index < -0.39 is 41.9 Å². The van der Waals surface area contributed by atoms with Gasteiger partial charge in [-0.25, -0.2) is 0 Å². The Morgan fingerprint density at radius 3 is 2.36 bits per heavy atom. The van der Waals surface area contributed by atoms with Crippen LogP contribution in [0, 0.1) is 16.0 Å². The van der Waals surface area contributed by atoms with E-state index in [1.54, 1.807) is 18.2 Å². The second-order valence-corrected chi connectivity index (χ2v) is 4.70. The third-order valence-electron chi connectivity index (χ3n) is 3.14. The topological polar surface area (TPSA) is 69.4 Å². The predicted molar refractivity (Wildman–Crippen MR) is 71.7 cm³/mol. The van der Waals surface area contributed by atoms with Crippen molar-refractivity contribution in [2.24, 2.45) is 5.92 Å². The maximum atomic E-state index is 13.1. The fourth-order valence-electron chi connectivity index (χ4n) is 2.09. The van der Waals surface area contributed by atoms with Crippen LogP contribution in [0.1, 0.15) is 18.9 Å². The third-order valence-corrected chi connectivity index (χ3v) is 3.14. The number of hydrogen-bond donors (Lipinski definition) is 0. The van der Waals surface area contributed by atoms with Crippen LogP contribution in [0.3, 0.4) is 0 Å². The molecule has 0 aliphatic rings. The van der Waals surface area contributed by atoms with Gasteiger partial charge in [-0.05, 0) is 12.5 Å². The molecule has 0 bridgehead atoms. The summed E-state index contributed by atoms with van der Waals surface area (Å²) in [7, 11) is 0. The van der Waals surface area contributed by atoms with Crippen molar-refractivity contribution in [2.45, 2.75) is 32.0 Å². The minimum Gasteiger partial charge on any atom is -0.466 e. The summed E-state index contributed by atoms with van der Waals surface area (Å²) >= 11 is 0. The van der Waals surface area contributed by atoms with Crippen LogP contribution in [-0.4, -0.2) is 29.7 Å². The van der Waals surface area contributed by atoms with Crippen LogP contribution in [-0.2, 0) is 16.0 Å². The first-order valence-electron chi connectivity index (χ1n) is 6.65. The zero-order valence-electron chi connectivity index (χ0n) is 11.9. The van der Waals surface area contributed by atoms with Gasteiger partial charge in [-0.3, -0.25) is 14.9 Å². The van der Waals surface area contributed by atoms with Crippen molar-refractivity contribution in [2.75, 3.05) is 6.61 Å². The summed E-state index contributed by atoms with van der Waals surface area (Å²) in [4.78, 5) is 21.4. The van der Waals surface area contributed by atoms with Crippen molar-refractivity contribution in [1.29, 1.82) is 0 Å². The average Bonchev–Trinajstić information content (AvgIpc) is 2.42. The first kappa shape index (κ1) is 17.9. The minimum absolute atomic E-state index is 0.0781. The van der Waals surface area contributed by atoms with E-state index >= 15 is 0 Å². The monoisotopic (exact) mass is 319 g/mol. The molecule has 0 saturated heterocycles. The Labute approximate surface area is 125 Å². The lowest BCUT2D eigenvalue weighted by Gasteiger charge is -2.22. The molecule has 1 rings (SSSR count). The molecule has 0 aliphatic carbocycles. The van der Waals surface area contributed by atoms with Crippen LogP contribution in [0.25, 0.3) is 0 Å². The van der Waals surface area contributed by atoms with Gasteiger partial charge in [-0.2, -0.15) is 13.2 Å². The van der Waals surface area contributed by atoms with Crippen molar-refractivity contribution in [3.8, 4) is 0 Å². The van der Waals surface area contributed by atoms with Crippen LogP contribution < -0.4 is 0 Å². The summed E-state index contributed by atoms with van der Waals surface area (Å²) in [5.74, 6) is -3.48. The van der Waals surface area contributed by atoms with Crippen LogP contribution in [0.15, 0.2) is 30.3 Å². The molecular formula is C14H16F3NO4. The van der Waals surface area contributed by atoms with Gasteiger partial charge in [0.15, 0.2) is 0 Å². The van der Waals surface area contributed by atoms with Crippen molar-refractivity contribution in [1.82, 2.24) is 0 Å². The molecule has 0 radical (unpaired) electrons. The molecule has 0 amide bonds. The van der Waals surface area contributed by atoms with E-state index in [4.69, 9.17) is 0 Å². The molecule has 0 spiro atoms. The molecule has 5 nitrogen and oxygen atoms in total. The summed E-state index contributed by atoms with van der Waals surface area (Å²) in [6, 6.07) is 5.90. The maximum absolute atomic E-state index is 13.1. The number of carbonyl (C=O) groups excluding carboxylic acids is 1. The normalized spacial score (nSPS) is 14.2. The van der Waals surface area contributed by atoms with Gasteiger partial charge in [-0.1, -0.05) is 30.3 Å². The zero-order valence-corrected chi connectivity index (χ0v) is 11.9. The summed E-state index contributed by atoms with van der Waals surface area (Å²) in [6.07, 6.45) is -6.33. The Kier molecular flexibility index (Phi) is 6.33. The number of nitro groups is 1. The van der Waals surface area contributed by atoms with Crippen LogP contribution in [0.2, 0.25) is 0 Å². The standard InChI is InChI=1S/C14H16F3NO4/c1-2-22-13(19)9-11(14(15,16)17)12(18(20)21)8-10-6-4-3-5-7-10/h3-7,11-12H,2,8-9H2,1H3. The Balaban J connectivity index is 3.00. The smallest absolute Gasteiger partial charge is 0.398 e. The lowest BCUT2D eigenvalue weighted by molar-refractivity contribution is -0.541. The second-order valence-electron chi connectivity index (χ2n) is 4.70. The highest BCUT2D eigenvalue weighted by Crippen LogP contribution is 2.34. The Bertz CT molecular complexity index is 505. The highest BCUT2D eigenvalue weighted by atomic mass is 19.4. The maximum Gasteiger partial charge on any atom is 0.398 e. The first-order valence-corrected chi connectivity index (χ1v) is 6.65. The lowest BCUT2D eigenvalue weighted by Crippen LogP contribution is -2.42. The van der Waals surface area contributed by atoms with Gasteiger partial charge in [0, 0.05) is 11.3 Å². The van der Waals surface area contributed by atoms with Crippen molar-refractivity contribution >= 4 is 5.97 Å². The van der Waals surface area contributed by atoms with Gasteiger partial charge in [0.05, 0.1) is 13.0 Å². The van der Waals surface area contributed by atoms with Gasteiger partial charge in [0.25, 0.3) is 0 Å². The Hall–Kier alpha value is -2.12. The molecule has 2 atom stereocenters. The molecule has 1 aromatic rings. The molecule has 0 aromatic heterocycles. The van der Waals surface area contributed by atoms with E-state index in [0.29, 0.717) is 5.56 Å². The van der Waals surface area contributed by atoms with E-state index in [2.05, 4.69) is 4.74 Å². The molecule has 0 aliphatic heterocycles. The van der Waals surface area contributed by atoms with Crippen LogP contribution in [0.4, 0.5) is 13.2 Å². The van der Waals surface area contributed by atoms with Crippen LogP contribution >= 0.6 is 0 Å². The number of carbonyl (C=O) groups is 1. The predicted octanol–water partition coefficient (Wildman–Crippen LogP) is 3.01. The van der Waals surface area contributed by atoms with Crippen molar-refractivity contribution in [3.05, 3.63) is 46.0 Å². The molecule has 0 saturated carbocycles. The van der Waals surface area contributed by atoms with Crippen molar-refractivity contribution in [3.63, 3.8) is 0 Å². The molecule has 0 N–H and O–H groups in total. The molecule has 8 heteroatoms. The first-order chi connectivity index (χ1) is 10.3. The van der Waals surface area contributed by atoms with Gasteiger partial charge in [0.2, 0.25) is 6.04 Å². The van der Waals surface area contributed by atoms with E-state index in [1.165, 1.54) is 19.1 Å². The van der Waals surface area contributed by atoms with Crippen LogP contribution in [0.5, 0.6) is 0 Å². The molecule has 1 aromatic carbocycles. The summed E-state index contributed by atoms with van der Waals surface area (Å²) in [6.45, 7) is 1.38. The number of rotatable bonds is 7. The van der Waals surface area contributed by atoms with Gasteiger partial charge in [0.1, 0.15) is 5.92 Å². The molecule has 0 heterocycles. The fourth-order valence-corrected chi connectivity index (χ4v) is 2.09. The molecule has 2 unspecified atom stereocenters. The number of alkyl halides is 3. The zero-order chi connectivity index (χ0) is 16.8. The highest BCUT2D eigenvalue weighted by molar-refractivity contribution is 5.69. The number of ether oxygens (including phenoxy) is 1.